The van der Waals surface area contributed by atoms with Crippen molar-refractivity contribution in [2.24, 2.45) is 0 Å². The minimum atomic E-state index is -0.761. The Balaban J connectivity index is 2.62. The molecule has 2 atom stereocenters. The van der Waals surface area contributed by atoms with Gasteiger partial charge in [0.05, 0.1) is 6.61 Å². The first-order valence-electron chi connectivity index (χ1n) is 6.06. The van der Waals surface area contributed by atoms with Crippen LogP contribution in [0.5, 0.6) is 5.88 Å². The Kier molecular flexibility index (Phi) is 6.04. The predicted molar refractivity (Wildman–Crippen MR) is 74.6 cm³/mol. The molecular weight excluding hydrogens is 250 g/mol. The molecule has 1 N–H and O–H groups in total. The summed E-state index contributed by atoms with van der Waals surface area (Å²) >= 11 is 0. The summed E-state index contributed by atoms with van der Waals surface area (Å²) in [5.74, 6) is 1.82. The Morgan fingerprint density at radius 3 is 2.83 bits per heavy atom. The maximum absolute atomic E-state index is 11.0. The molecule has 0 aliphatic carbocycles. The van der Waals surface area contributed by atoms with E-state index in [0.717, 1.165) is 12.1 Å². The Morgan fingerprint density at radius 1 is 1.50 bits per heavy atom. The average Bonchev–Trinajstić information content (AvgIpc) is 2.26. The lowest BCUT2D eigenvalue weighted by Gasteiger charge is -2.14. The molecule has 0 spiro atoms. The van der Waals surface area contributed by atoms with Crippen LogP contribution in [0, 0.1) is 6.92 Å². The van der Waals surface area contributed by atoms with E-state index in [1.165, 1.54) is 0 Å². The molecule has 0 saturated carbocycles. The van der Waals surface area contributed by atoms with E-state index in [1.807, 2.05) is 20.8 Å². The first-order valence-corrected chi connectivity index (χ1v) is 7.79. The molecule has 0 bridgehead atoms. The highest BCUT2D eigenvalue weighted by Crippen LogP contribution is 2.13. The van der Waals surface area contributed by atoms with Gasteiger partial charge in [0.2, 0.25) is 11.8 Å². The number of anilines is 1. The van der Waals surface area contributed by atoms with Crippen molar-refractivity contribution >= 4 is 16.7 Å². The van der Waals surface area contributed by atoms with Gasteiger partial charge in [-0.15, -0.1) is 0 Å². The lowest BCUT2D eigenvalue weighted by atomic mass is 10.3. The molecule has 18 heavy (non-hydrogen) atoms. The van der Waals surface area contributed by atoms with Crippen molar-refractivity contribution in [2.45, 2.75) is 33.2 Å². The van der Waals surface area contributed by atoms with Crippen LogP contribution in [0.1, 0.15) is 26.0 Å². The third-order valence-electron chi connectivity index (χ3n) is 2.34. The van der Waals surface area contributed by atoms with Crippen LogP contribution in [-0.2, 0) is 10.8 Å². The molecule has 1 aromatic rings. The second-order valence-electron chi connectivity index (χ2n) is 4.22. The number of aryl methyl sites for hydroxylation is 1. The first-order chi connectivity index (χ1) is 8.51. The van der Waals surface area contributed by atoms with E-state index >= 15 is 0 Å². The van der Waals surface area contributed by atoms with Crippen LogP contribution in [0.4, 0.5) is 5.95 Å². The molecule has 0 aliphatic rings. The molecule has 5 nitrogen and oxygen atoms in total. The Labute approximate surface area is 111 Å². The van der Waals surface area contributed by atoms with Crippen molar-refractivity contribution in [3.05, 3.63) is 11.8 Å². The fraction of sp³-hybridized carbons (Fsp3) is 0.667. The number of aromatic nitrogens is 2. The second kappa shape index (κ2) is 7.31. The molecule has 1 aromatic heterocycles. The van der Waals surface area contributed by atoms with Gasteiger partial charge in [-0.2, -0.15) is 4.98 Å². The first kappa shape index (κ1) is 14.9. The van der Waals surface area contributed by atoms with E-state index in [1.54, 1.807) is 12.3 Å². The summed E-state index contributed by atoms with van der Waals surface area (Å²) in [6.45, 7) is 6.43. The maximum atomic E-state index is 11.0. The zero-order chi connectivity index (χ0) is 13.5. The summed E-state index contributed by atoms with van der Waals surface area (Å²) < 4.78 is 16.4. The molecule has 102 valence electrons. The normalized spacial score (nSPS) is 14.0. The van der Waals surface area contributed by atoms with Gasteiger partial charge in [-0.1, -0.05) is 0 Å². The molecule has 1 rings (SSSR count). The third kappa shape index (κ3) is 5.44. The van der Waals surface area contributed by atoms with E-state index in [4.69, 9.17) is 4.74 Å². The minimum Gasteiger partial charge on any atom is -0.478 e. The number of ether oxygens (including phenoxy) is 1. The lowest BCUT2D eigenvalue weighted by molar-refractivity contribution is 0.326. The van der Waals surface area contributed by atoms with Crippen LogP contribution in [-0.4, -0.2) is 38.8 Å². The zero-order valence-electron chi connectivity index (χ0n) is 11.4. The van der Waals surface area contributed by atoms with E-state index in [2.05, 4.69) is 15.3 Å². The Morgan fingerprint density at radius 2 is 2.22 bits per heavy atom. The van der Waals surface area contributed by atoms with Gasteiger partial charge < -0.3 is 10.1 Å². The predicted octanol–water partition coefficient (Wildman–Crippen LogP) is 1.75. The van der Waals surface area contributed by atoms with Crippen LogP contribution >= 0.6 is 0 Å². The molecule has 1 heterocycles. The van der Waals surface area contributed by atoms with Crippen molar-refractivity contribution in [1.29, 1.82) is 0 Å². The van der Waals surface area contributed by atoms with Crippen molar-refractivity contribution < 1.29 is 8.95 Å². The number of hydrogen-bond donors (Lipinski definition) is 1. The summed E-state index contributed by atoms with van der Waals surface area (Å²) in [6.07, 6.45) is 2.54. The summed E-state index contributed by atoms with van der Waals surface area (Å²) in [6, 6.07) is 1.99. The highest BCUT2D eigenvalue weighted by Gasteiger charge is 2.07. The van der Waals surface area contributed by atoms with Crippen LogP contribution in [0.15, 0.2) is 6.07 Å². The number of nitrogens with one attached hydrogen (secondary N) is 1. The van der Waals surface area contributed by atoms with Crippen LogP contribution in [0.3, 0.4) is 0 Å². The summed E-state index contributed by atoms with van der Waals surface area (Å²) in [7, 11) is -0.761. The highest BCUT2D eigenvalue weighted by atomic mass is 32.2. The number of nitrogens with zero attached hydrogens (tertiary/aromatic N) is 2. The summed E-state index contributed by atoms with van der Waals surface area (Å²) in [5, 5.41) is 3.20. The van der Waals surface area contributed by atoms with Gasteiger partial charge in [-0.3, -0.25) is 4.21 Å². The van der Waals surface area contributed by atoms with E-state index < -0.39 is 10.8 Å². The van der Waals surface area contributed by atoms with Gasteiger partial charge in [0.15, 0.2) is 0 Å². The molecule has 0 radical (unpaired) electrons. The van der Waals surface area contributed by atoms with Crippen LogP contribution in [0.2, 0.25) is 0 Å². The van der Waals surface area contributed by atoms with Crippen molar-refractivity contribution in [3.8, 4) is 5.88 Å². The smallest absolute Gasteiger partial charge is 0.226 e. The Hall–Kier alpha value is -1.17. The minimum absolute atomic E-state index is 0.185. The summed E-state index contributed by atoms with van der Waals surface area (Å²) in [4.78, 5) is 8.58. The molecule has 0 aromatic carbocycles. The Bertz CT molecular complexity index is 412. The molecular formula is C12H21N3O2S. The topological polar surface area (TPSA) is 64.1 Å². The van der Waals surface area contributed by atoms with Gasteiger partial charge in [0.25, 0.3) is 0 Å². The van der Waals surface area contributed by atoms with Gasteiger partial charge >= 0.3 is 0 Å². The van der Waals surface area contributed by atoms with Gasteiger partial charge in [-0.25, -0.2) is 4.98 Å². The average molecular weight is 271 g/mol. The molecule has 0 saturated heterocycles. The van der Waals surface area contributed by atoms with E-state index in [9.17, 15) is 4.21 Å². The summed E-state index contributed by atoms with van der Waals surface area (Å²) in [5.41, 5.74) is 0.863. The van der Waals surface area contributed by atoms with Gasteiger partial charge in [0.1, 0.15) is 0 Å². The fourth-order valence-corrected chi connectivity index (χ4v) is 2.15. The molecule has 0 fully saturated rings. The fourth-order valence-electron chi connectivity index (χ4n) is 1.46. The second-order valence-corrected chi connectivity index (χ2v) is 5.77. The quantitative estimate of drug-likeness (QED) is 0.818. The third-order valence-corrected chi connectivity index (χ3v) is 3.15. The highest BCUT2D eigenvalue weighted by molar-refractivity contribution is 7.84. The van der Waals surface area contributed by atoms with Crippen molar-refractivity contribution in [3.63, 3.8) is 0 Å². The zero-order valence-corrected chi connectivity index (χ0v) is 12.2. The standard InChI is InChI=1S/C12H21N3O2S/c1-5-17-11-8-10(3)14-12(15-11)13-9(2)6-7-18(4)16/h8-9H,5-7H2,1-4H3,(H,13,14,15). The van der Waals surface area contributed by atoms with E-state index in [0.29, 0.717) is 24.2 Å². The van der Waals surface area contributed by atoms with Crippen molar-refractivity contribution in [1.82, 2.24) is 9.97 Å². The van der Waals surface area contributed by atoms with Crippen LogP contribution < -0.4 is 10.1 Å². The number of rotatable bonds is 7. The lowest BCUT2D eigenvalue weighted by Crippen LogP contribution is -2.19. The van der Waals surface area contributed by atoms with Gasteiger partial charge in [-0.05, 0) is 27.2 Å². The SMILES string of the molecule is CCOc1cc(C)nc(NC(C)CCS(C)=O)n1. The molecule has 0 amide bonds. The largest absolute Gasteiger partial charge is 0.478 e. The van der Waals surface area contributed by atoms with Crippen molar-refractivity contribution in [2.75, 3.05) is 23.9 Å². The number of hydrogen-bond acceptors (Lipinski definition) is 5. The van der Waals surface area contributed by atoms with Gasteiger partial charge in [0, 0.05) is 40.6 Å². The molecule has 0 aliphatic heterocycles. The maximum Gasteiger partial charge on any atom is 0.226 e. The monoisotopic (exact) mass is 271 g/mol. The molecule has 2 unspecified atom stereocenters. The van der Waals surface area contributed by atoms with Crippen LogP contribution in [0.25, 0.3) is 0 Å². The molecule has 6 heteroatoms. The van der Waals surface area contributed by atoms with E-state index in [-0.39, 0.29) is 6.04 Å².